The average molecular weight is 226 g/mol. The molecule has 1 unspecified atom stereocenters. The molecular weight excluding hydrogens is 200 g/mol. The van der Waals surface area contributed by atoms with E-state index in [-0.39, 0.29) is 5.92 Å². The predicted molar refractivity (Wildman–Crippen MR) is 67.3 cm³/mol. The highest BCUT2D eigenvalue weighted by Gasteiger charge is 2.27. The van der Waals surface area contributed by atoms with Crippen LogP contribution < -0.4 is 5.32 Å². The van der Waals surface area contributed by atoms with Crippen LogP contribution in [0.25, 0.3) is 0 Å². The molecule has 1 fully saturated rings. The summed E-state index contributed by atoms with van der Waals surface area (Å²) in [5.74, 6) is 0.440. The number of nitrogens with one attached hydrogen (secondary N) is 1. The number of hydrogen-bond donors (Lipinski definition) is 1. The zero-order valence-electron chi connectivity index (χ0n) is 11.1. The lowest BCUT2D eigenvalue weighted by molar-refractivity contribution is -0.138. The minimum Gasteiger partial charge on any atom is -0.338 e. The fourth-order valence-electron chi connectivity index (χ4n) is 2.21. The van der Waals surface area contributed by atoms with Crippen LogP contribution in [-0.2, 0) is 4.79 Å². The molecule has 1 amide bonds. The van der Waals surface area contributed by atoms with Crippen LogP contribution in [-0.4, -0.2) is 36.0 Å². The third-order valence-electron chi connectivity index (χ3n) is 3.17. The van der Waals surface area contributed by atoms with Crippen LogP contribution in [0.2, 0.25) is 0 Å². The maximum atomic E-state index is 12.1. The van der Waals surface area contributed by atoms with Gasteiger partial charge in [0.05, 0.1) is 0 Å². The Labute approximate surface area is 99.6 Å². The molecule has 1 rings (SSSR count). The zero-order valence-corrected chi connectivity index (χ0v) is 11.1. The predicted octanol–water partition coefficient (Wildman–Crippen LogP) is 2.02. The summed E-state index contributed by atoms with van der Waals surface area (Å²) in [7, 11) is 0. The van der Waals surface area contributed by atoms with Crippen molar-refractivity contribution < 1.29 is 4.79 Å². The Balaban J connectivity index is 2.53. The Kier molecular flexibility index (Phi) is 5.26. The SMILES string of the molecule is CC(C)NCC1CCCCN1C(=O)C(C)C. The van der Waals surface area contributed by atoms with Crippen LogP contribution in [0.4, 0.5) is 0 Å². The van der Waals surface area contributed by atoms with Gasteiger partial charge in [0.25, 0.3) is 0 Å². The summed E-state index contributed by atoms with van der Waals surface area (Å²) in [6.45, 7) is 10.2. The summed E-state index contributed by atoms with van der Waals surface area (Å²) in [5.41, 5.74) is 0. The monoisotopic (exact) mass is 226 g/mol. The first-order valence-electron chi connectivity index (χ1n) is 6.56. The third kappa shape index (κ3) is 3.78. The number of hydrogen-bond acceptors (Lipinski definition) is 2. The first-order chi connectivity index (χ1) is 7.52. The topological polar surface area (TPSA) is 32.3 Å². The molecule has 3 heteroatoms. The number of nitrogens with zero attached hydrogens (tertiary/aromatic N) is 1. The Hall–Kier alpha value is -0.570. The van der Waals surface area contributed by atoms with E-state index in [1.165, 1.54) is 6.42 Å². The molecule has 0 bridgehead atoms. The second-order valence-electron chi connectivity index (χ2n) is 5.40. The summed E-state index contributed by atoms with van der Waals surface area (Å²) in [5, 5.41) is 3.45. The lowest BCUT2D eigenvalue weighted by Gasteiger charge is -2.37. The zero-order chi connectivity index (χ0) is 12.1. The van der Waals surface area contributed by atoms with Crippen molar-refractivity contribution in [2.45, 2.75) is 59.0 Å². The number of carbonyl (C=O) groups is 1. The molecule has 3 nitrogen and oxygen atoms in total. The highest BCUT2D eigenvalue weighted by Crippen LogP contribution is 2.18. The van der Waals surface area contributed by atoms with Crippen molar-refractivity contribution in [1.82, 2.24) is 10.2 Å². The number of carbonyl (C=O) groups excluding carboxylic acids is 1. The lowest BCUT2D eigenvalue weighted by atomic mass is 10.00. The van der Waals surface area contributed by atoms with Gasteiger partial charge in [-0.25, -0.2) is 0 Å². The molecular formula is C13H26N2O. The number of rotatable bonds is 4. The number of piperidine rings is 1. The maximum Gasteiger partial charge on any atom is 0.225 e. The molecule has 0 radical (unpaired) electrons. The van der Waals surface area contributed by atoms with Gasteiger partial charge in [-0.1, -0.05) is 27.7 Å². The smallest absolute Gasteiger partial charge is 0.225 e. The Bertz CT molecular complexity index is 226. The van der Waals surface area contributed by atoms with Gasteiger partial charge in [0.15, 0.2) is 0 Å². The highest BCUT2D eigenvalue weighted by atomic mass is 16.2. The fraction of sp³-hybridized carbons (Fsp3) is 0.923. The van der Waals surface area contributed by atoms with Gasteiger partial charge in [-0.15, -0.1) is 0 Å². The van der Waals surface area contributed by atoms with Crippen molar-refractivity contribution in [3.63, 3.8) is 0 Å². The fourth-order valence-corrected chi connectivity index (χ4v) is 2.21. The van der Waals surface area contributed by atoms with Gasteiger partial charge < -0.3 is 10.2 Å². The molecule has 1 aliphatic heterocycles. The molecule has 0 aromatic rings. The van der Waals surface area contributed by atoms with Crippen LogP contribution in [0.3, 0.4) is 0 Å². The standard InChI is InChI=1S/C13H26N2O/c1-10(2)13(16)15-8-6-5-7-12(15)9-14-11(3)4/h10-12,14H,5-9H2,1-4H3. The number of amides is 1. The average Bonchev–Trinajstić information content (AvgIpc) is 2.25. The second-order valence-corrected chi connectivity index (χ2v) is 5.40. The number of likely N-dealkylation sites (tertiary alicyclic amines) is 1. The summed E-state index contributed by atoms with van der Waals surface area (Å²) >= 11 is 0. The largest absolute Gasteiger partial charge is 0.338 e. The minimum absolute atomic E-state index is 0.125. The van der Waals surface area contributed by atoms with E-state index in [0.29, 0.717) is 18.0 Å². The molecule has 1 N–H and O–H groups in total. The molecule has 0 spiro atoms. The van der Waals surface area contributed by atoms with Crippen molar-refractivity contribution in [3.05, 3.63) is 0 Å². The van der Waals surface area contributed by atoms with Crippen molar-refractivity contribution >= 4 is 5.91 Å². The van der Waals surface area contributed by atoms with Crippen molar-refractivity contribution in [2.75, 3.05) is 13.1 Å². The quantitative estimate of drug-likeness (QED) is 0.795. The van der Waals surface area contributed by atoms with E-state index in [4.69, 9.17) is 0 Å². The van der Waals surface area contributed by atoms with Gasteiger partial charge in [-0.05, 0) is 19.3 Å². The van der Waals surface area contributed by atoms with E-state index in [1.807, 2.05) is 13.8 Å². The third-order valence-corrected chi connectivity index (χ3v) is 3.17. The van der Waals surface area contributed by atoms with Crippen LogP contribution in [0.15, 0.2) is 0 Å². The molecule has 0 aliphatic carbocycles. The summed E-state index contributed by atoms with van der Waals surface area (Å²) in [4.78, 5) is 14.1. The maximum absolute atomic E-state index is 12.1. The van der Waals surface area contributed by atoms with Crippen molar-refractivity contribution in [2.24, 2.45) is 5.92 Å². The molecule has 0 aromatic heterocycles. The molecule has 16 heavy (non-hydrogen) atoms. The van der Waals surface area contributed by atoms with Gasteiger partial charge in [0.2, 0.25) is 5.91 Å². The van der Waals surface area contributed by atoms with Gasteiger partial charge >= 0.3 is 0 Å². The van der Waals surface area contributed by atoms with Crippen LogP contribution in [0.1, 0.15) is 47.0 Å². The Morgan fingerprint density at radius 1 is 1.31 bits per heavy atom. The van der Waals surface area contributed by atoms with E-state index in [2.05, 4.69) is 24.1 Å². The molecule has 1 aliphatic rings. The second kappa shape index (κ2) is 6.24. The van der Waals surface area contributed by atoms with Crippen molar-refractivity contribution in [3.8, 4) is 0 Å². The lowest BCUT2D eigenvalue weighted by Crippen LogP contribution is -2.50. The molecule has 0 aromatic carbocycles. The minimum atomic E-state index is 0.125. The van der Waals surface area contributed by atoms with E-state index < -0.39 is 0 Å². The van der Waals surface area contributed by atoms with E-state index in [9.17, 15) is 4.79 Å². The van der Waals surface area contributed by atoms with Gasteiger partial charge in [-0.3, -0.25) is 4.79 Å². The highest BCUT2D eigenvalue weighted by molar-refractivity contribution is 5.78. The first-order valence-corrected chi connectivity index (χ1v) is 6.56. The first kappa shape index (κ1) is 13.5. The van der Waals surface area contributed by atoms with Crippen molar-refractivity contribution in [1.29, 1.82) is 0 Å². The van der Waals surface area contributed by atoms with Gasteiger partial charge in [0, 0.05) is 31.1 Å². The van der Waals surface area contributed by atoms with E-state index >= 15 is 0 Å². The Morgan fingerprint density at radius 3 is 2.56 bits per heavy atom. The summed E-state index contributed by atoms with van der Waals surface area (Å²) < 4.78 is 0. The summed E-state index contributed by atoms with van der Waals surface area (Å²) in [6.07, 6.45) is 3.57. The van der Waals surface area contributed by atoms with Crippen LogP contribution >= 0.6 is 0 Å². The van der Waals surface area contributed by atoms with Gasteiger partial charge in [0.1, 0.15) is 0 Å². The van der Waals surface area contributed by atoms with Crippen LogP contribution in [0.5, 0.6) is 0 Å². The van der Waals surface area contributed by atoms with Crippen LogP contribution in [0, 0.1) is 5.92 Å². The normalized spacial score (nSPS) is 21.9. The molecule has 1 atom stereocenters. The van der Waals surface area contributed by atoms with E-state index in [1.54, 1.807) is 0 Å². The Morgan fingerprint density at radius 2 is 2.00 bits per heavy atom. The molecule has 0 saturated carbocycles. The molecule has 1 saturated heterocycles. The van der Waals surface area contributed by atoms with Gasteiger partial charge in [-0.2, -0.15) is 0 Å². The molecule has 94 valence electrons. The summed E-state index contributed by atoms with van der Waals surface area (Å²) in [6, 6.07) is 0.906. The van der Waals surface area contributed by atoms with E-state index in [0.717, 1.165) is 25.9 Å². The molecule has 1 heterocycles.